The van der Waals surface area contributed by atoms with Crippen molar-refractivity contribution in [2.24, 2.45) is 0 Å². The minimum Gasteiger partial charge on any atom is -0.394 e. The molecule has 0 saturated carbocycles. The Bertz CT molecular complexity index is 941. The number of aromatic nitrogens is 3. The monoisotopic (exact) mass is 375 g/mol. The van der Waals surface area contributed by atoms with Gasteiger partial charge in [0.15, 0.2) is 12.4 Å². The number of alkyl halides is 1. The van der Waals surface area contributed by atoms with Crippen LogP contribution in [0.1, 0.15) is 22.3 Å². The summed E-state index contributed by atoms with van der Waals surface area (Å²) < 4.78 is 20.1. The number of hydrogen-bond acceptors (Lipinski definition) is 8. The third-order valence-corrected chi connectivity index (χ3v) is 3.94. The Hall–Kier alpha value is -3.20. The third kappa shape index (κ3) is 3.68. The predicted octanol–water partition coefficient (Wildman–Crippen LogP) is -0.649. The Morgan fingerprint density at radius 2 is 2.22 bits per heavy atom. The van der Waals surface area contributed by atoms with Gasteiger partial charge in [0.2, 0.25) is 0 Å². The molecule has 1 aliphatic heterocycles. The smallest absolute Gasteiger partial charge is 0.351 e. The maximum absolute atomic E-state index is 14.1. The van der Waals surface area contributed by atoms with Crippen LogP contribution in [0.15, 0.2) is 35.4 Å². The molecule has 3 N–H and O–H groups in total. The zero-order chi connectivity index (χ0) is 19.6. The first-order valence-electron chi connectivity index (χ1n) is 7.79. The molecule has 3 heterocycles. The number of amides is 1. The fraction of sp³-hybridized carbons (Fsp3) is 0.312. The van der Waals surface area contributed by atoms with E-state index in [-0.39, 0.29) is 17.1 Å². The number of carbonyl (C=O) groups excluding carboxylic acids is 1. The first-order chi connectivity index (χ1) is 12.9. The van der Waals surface area contributed by atoms with Crippen molar-refractivity contribution >= 4 is 11.7 Å². The number of halogens is 1. The molecule has 0 bridgehead atoms. The number of pyridine rings is 1. The highest BCUT2D eigenvalue weighted by molar-refractivity contribution is 6.02. The summed E-state index contributed by atoms with van der Waals surface area (Å²) in [7, 11) is 0. The molecule has 3 rings (SSSR count). The third-order valence-electron chi connectivity index (χ3n) is 3.94. The lowest BCUT2D eigenvalue weighted by atomic mass is 10.1. The van der Waals surface area contributed by atoms with Crippen LogP contribution in [0.2, 0.25) is 0 Å². The first kappa shape index (κ1) is 18.6. The Labute approximate surface area is 151 Å². The Morgan fingerprint density at radius 1 is 1.44 bits per heavy atom. The quantitative estimate of drug-likeness (QED) is 0.638. The van der Waals surface area contributed by atoms with Crippen LogP contribution in [0.5, 0.6) is 0 Å². The van der Waals surface area contributed by atoms with Gasteiger partial charge in [0.05, 0.1) is 12.2 Å². The van der Waals surface area contributed by atoms with Crippen LogP contribution in [-0.4, -0.2) is 55.6 Å². The summed E-state index contributed by atoms with van der Waals surface area (Å²) in [5, 5.41) is 29.8. The van der Waals surface area contributed by atoms with E-state index in [1.54, 1.807) is 0 Å². The molecule has 2 aromatic heterocycles. The van der Waals surface area contributed by atoms with E-state index >= 15 is 0 Å². The lowest BCUT2D eigenvalue weighted by molar-refractivity contribution is -0.0490. The van der Waals surface area contributed by atoms with Crippen LogP contribution in [0, 0.1) is 11.3 Å². The molecule has 0 radical (unpaired) electrons. The van der Waals surface area contributed by atoms with Crippen molar-refractivity contribution in [2.45, 2.75) is 24.6 Å². The van der Waals surface area contributed by atoms with Gasteiger partial charge >= 0.3 is 5.69 Å². The molecule has 140 valence electrons. The number of rotatable bonds is 4. The molecule has 0 aromatic carbocycles. The minimum atomic E-state index is -1.93. The van der Waals surface area contributed by atoms with Gasteiger partial charge in [0, 0.05) is 12.4 Å². The fourth-order valence-electron chi connectivity index (χ4n) is 2.53. The number of hydrogen-bond donors (Lipinski definition) is 3. The zero-order valence-corrected chi connectivity index (χ0v) is 13.7. The van der Waals surface area contributed by atoms with Crippen LogP contribution in [0.25, 0.3) is 0 Å². The molecule has 1 fully saturated rings. The number of ether oxygens (including phenoxy) is 1. The fourth-order valence-corrected chi connectivity index (χ4v) is 2.53. The summed E-state index contributed by atoms with van der Waals surface area (Å²) in [5.74, 6) is -0.750. The molecule has 10 nitrogen and oxygen atoms in total. The van der Waals surface area contributed by atoms with Gasteiger partial charge in [-0.25, -0.2) is 14.2 Å². The zero-order valence-electron chi connectivity index (χ0n) is 13.7. The summed E-state index contributed by atoms with van der Waals surface area (Å²) in [6.45, 7) is -0.605. The van der Waals surface area contributed by atoms with Crippen molar-refractivity contribution in [3.05, 3.63) is 52.3 Å². The number of carbonyl (C=O) groups is 1. The summed E-state index contributed by atoms with van der Waals surface area (Å²) in [6, 6.07) is 5.87. The summed E-state index contributed by atoms with van der Waals surface area (Å²) in [4.78, 5) is 31.7. The molecule has 4 atom stereocenters. The SMILES string of the molecule is N#Cc1ccc(C(=O)Nc2ccn([C@H]3O[C@H](CO)[C@@H](O)[C@H]3F)c(=O)n2)nc1. The van der Waals surface area contributed by atoms with Crippen molar-refractivity contribution < 1.29 is 24.1 Å². The van der Waals surface area contributed by atoms with Gasteiger partial charge in [-0.2, -0.15) is 10.2 Å². The molecular weight excluding hydrogens is 361 g/mol. The Morgan fingerprint density at radius 3 is 2.78 bits per heavy atom. The molecule has 1 saturated heterocycles. The van der Waals surface area contributed by atoms with Gasteiger partial charge in [-0.05, 0) is 18.2 Å². The van der Waals surface area contributed by atoms with E-state index in [0.717, 1.165) is 10.8 Å². The second-order valence-corrected chi connectivity index (χ2v) is 5.68. The number of anilines is 1. The van der Waals surface area contributed by atoms with E-state index in [0.29, 0.717) is 0 Å². The van der Waals surface area contributed by atoms with Crippen LogP contribution in [0.3, 0.4) is 0 Å². The predicted molar refractivity (Wildman–Crippen MR) is 87.3 cm³/mol. The van der Waals surface area contributed by atoms with Gasteiger partial charge in [0.1, 0.15) is 29.8 Å². The molecular formula is C16H14FN5O5. The highest BCUT2D eigenvalue weighted by atomic mass is 19.1. The van der Waals surface area contributed by atoms with E-state index < -0.39 is 42.8 Å². The normalized spacial score (nSPS) is 24.4. The summed E-state index contributed by atoms with van der Waals surface area (Å²) in [6.07, 6.45) is -3.72. The van der Waals surface area contributed by atoms with Gasteiger partial charge in [-0.15, -0.1) is 0 Å². The largest absolute Gasteiger partial charge is 0.394 e. The van der Waals surface area contributed by atoms with Gasteiger partial charge in [-0.1, -0.05) is 0 Å². The number of aliphatic hydroxyl groups excluding tert-OH is 2. The Balaban J connectivity index is 1.76. The maximum atomic E-state index is 14.1. The van der Waals surface area contributed by atoms with E-state index in [2.05, 4.69) is 15.3 Å². The molecule has 1 amide bonds. The standard InChI is InChI=1S/C16H14FN5O5/c17-12-13(24)10(7-23)27-15(12)22-4-3-11(21-16(22)26)20-14(25)9-2-1-8(5-18)6-19-9/h1-4,6,10,12-13,15,23-24H,7H2,(H,20,21,25,26)/t10-,12-,13-,15+/m1/s1. The summed E-state index contributed by atoms with van der Waals surface area (Å²) in [5.41, 5.74) is -0.621. The number of nitrogens with one attached hydrogen (secondary N) is 1. The highest BCUT2D eigenvalue weighted by Gasteiger charge is 2.45. The molecule has 11 heteroatoms. The second kappa shape index (κ2) is 7.58. The highest BCUT2D eigenvalue weighted by Crippen LogP contribution is 2.30. The van der Waals surface area contributed by atoms with Crippen molar-refractivity contribution in [1.29, 1.82) is 5.26 Å². The molecule has 27 heavy (non-hydrogen) atoms. The van der Waals surface area contributed by atoms with Crippen LogP contribution in [0.4, 0.5) is 10.2 Å². The van der Waals surface area contributed by atoms with Crippen molar-refractivity contribution in [3.8, 4) is 6.07 Å². The van der Waals surface area contributed by atoms with E-state index in [4.69, 9.17) is 15.1 Å². The van der Waals surface area contributed by atoms with Crippen LogP contribution >= 0.6 is 0 Å². The number of aliphatic hydroxyl groups is 2. The molecule has 2 aromatic rings. The Kier molecular flexibility index (Phi) is 5.22. The van der Waals surface area contributed by atoms with Crippen molar-refractivity contribution in [2.75, 3.05) is 11.9 Å². The van der Waals surface area contributed by atoms with Crippen LogP contribution in [-0.2, 0) is 4.74 Å². The van der Waals surface area contributed by atoms with Crippen molar-refractivity contribution in [3.63, 3.8) is 0 Å². The molecule has 0 unspecified atom stereocenters. The van der Waals surface area contributed by atoms with E-state index in [1.165, 1.54) is 24.4 Å². The summed E-state index contributed by atoms with van der Waals surface area (Å²) >= 11 is 0. The van der Waals surface area contributed by atoms with Crippen LogP contribution < -0.4 is 11.0 Å². The van der Waals surface area contributed by atoms with Gasteiger partial charge < -0.3 is 20.3 Å². The maximum Gasteiger partial charge on any atom is 0.351 e. The topological polar surface area (TPSA) is 150 Å². The lowest BCUT2D eigenvalue weighted by Crippen LogP contribution is -2.33. The van der Waals surface area contributed by atoms with E-state index in [9.17, 15) is 19.1 Å². The minimum absolute atomic E-state index is 0.0110. The average Bonchev–Trinajstić information content (AvgIpc) is 2.96. The molecule has 0 aliphatic carbocycles. The second-order valence-electron chi connectivity index (χ2n) is 5.68. The number of nitrogens with zero attached hydrogens (tertiary/aromatic N) is 4. The van der Waals surface area contributed by atoms with E-state index in [1.807, 2.05) is 6.07 Å². The first-order valence-corrected chi connectivity index (χ1v) is 7.79. The molecule has 0 spiro atoms. The molecule has 1 aliphatic rings. The number of nitriles is 1. The average molecular weight is 375 g/mol. The van der Waals surface area contributed by atoms with Crippen molar-refractivity contribution in [1.82, 2.24) is 14.5 Å². The lowest BCUT2D eigenvalue weighted by Gasteiger charge is -2.16. The van der Waals surface area contributed by atoms with Gasteiger partial charge in [0.25, 0.3) is 5.91 Å². The van der Waals surface area contributed by atoms with Gasteiger partial charge in [-0.3, -0.25) is 9.36 Å².